The molecule has 1 aliphatic heterocycles. The summed E-state index contributed by atoms with van der Waals surface area (Å²) >= 11 is 3.39. The molecule has 0 radical (unpaired) electrons. The molecule has 0 aromatic heterocycles. The van der Waals surface area contributed by atoms with Crippen LogP contribution in [0.3, 0.4) is 0 Å². The highest BCUT2D eigenvalue weighted by atomic mass is 79.9. The van der Waals surface area contributed by atoms with E-state index in [2.05, 4.69) is 15.9 Å². The number of benzene rings is 1. The highest BCUT2D eigenvalue weighted by molar-refractivity contribution is 9.10. The third-order valence-electron chi connectivity index (χ3n) is 3.47. The van der Waals surface area contributed by atoms with Crippen LogP contribution in [0, 0.1) is 11.7 Å². The van der Waals surface area contributed by atoms with Crippen LogP contribution in [0.1, 0.15) is 18.9 Å². The summed E-state index contributed by atoms with van der Waals surface area (Å²) < 4.78 is 19.4. The SMILES string of the molecule is CC1COCCC1(O)Cc1cc(F)ccc1Br. The van der Waals surface area contributed by atoms with Crippen molar-refractivity contribution in [3.05, 3.63) is 34.1 Å². The molecule has 1 aliphatic rings. The second-order valence-electron chi connectivity index (χ2n) is 4.74. The maximum absolute atomic E-state index is 13.2. The van der Waals surface area contributed by atoms with E-state index in [0.29, 0.717) is 26.1 Å². The maximum atomic E-state index is 13.2. The van der Waals surface area contributed by atoms with Crippen LogP contribution < -0.4 is 0 Å². The molecular formula is C13H16BrFO2. The zero-order valence-corrected chi connectivity index (χ0v) is 11.3. The molecule has 2 atom stereocenters. The van der Waals surface area contributed by atoms with Crippen molar-refractivity contribution < 1.29 is 14.2 Å². The average Bonchev–Trinajstić information content (AvgIpc) is 2.28. The quantitative estimate of drug-likeness (QED) is 0.910. The van der Waals surface area contributed by atoms with Crippen molar-refractivity contribution in [2.75, 3.05) is 13.2 Å². The second-order valence-corrected chi connectivity index (χ2v) is 5.60. The number of aliphatic hydroxyl groups is 1. The minimum absolute atomic E-state index is 0.0615. The van der Waals surface area contributed by atoms with Crippen molar-refractivity contribution in [2.24, 2.45) is 5.92 Å². The van der Waals surface area contributed by atoms with Gasteiger partial charge in [-0.25, -0.2) is 4.39 Å². The largest absolute Gasteiger partial charge is 0.389 e. The molecule has 1 heterocycles. The Morgan fingerprint density at radius 1 is 1.59 bits per heavy atom. The Balaban J connectivity index is 2.21. The van der Waals surface area contributed by atoms with E-state index in [1.54, 1.807) is 6.07 Å². The van der Waals surface area contributed by atoms with E-state index in [4.69, 9.17) is 4.74 Å². The first kappa shape index (κ1) is 13.0. The summed E-state index contributed by atoms with van der Waals surface area (Å²) in [4.78, 5) is 0. The van der Waals surface area contributed by atoms with E-state index in [1.807, 2.05) is 6.92 Å². The third-order valence-corrected chi connectivity index (χ3v) is 4.24. The fraction of sp³-hybridized carbons (Fsp3) is 0.538. The number of hydrogen-bond donors (Lipinski definition) is 1. The summed E-state index contributed by atoms with van der Waals surface area (Å²) in [7, 11) is 0. The molecular weight excluding hydrogens is 287 g/mol. The van der Waals surface area contributed by atoms with Crippen molar-refractivity contribution >= 4 is 15.9 Å². The molecule has 4 heteroatoms. The molecule has 17 heavy (non-hydrogen) atoms. The monoisotopic (exact) mass is 302 g/mol. The molecule has 1 fully saturated rings. The van der Waals surface area contributed by atoms with Crippen molar-refractivity contribution in [3.63, 3.8) is 0 Å². The molecule has 1 N–H and O–H groups in total. The van der Waals surface area contributed by atoms with Gasteiger partial charge in [-0.2, -0.15) is 0 Å². The van der Waals surface area contributed by atoms with Gasteiger partial charge >= 0.3 is 0 Å². The van der Waals surface area contributed by atoms with Crippen LogP contribution >= 0.6 is 15.9 Å². The summed E-state index contributed by atoms with van der Waals surface area (Å²) in [6.45, 7) is 3.09. The first-order chi connectivity index (χ1) is 8.01. The topological polar surface area (TPSA) is 29.5 Å². The highest BCUT2D eigenvalue weighted by Gasteiger charge is 2.37. The lowest BCUT2D eigenvalue weighted by molar-refractivity contribution is -0.105. The number of halogens is 2. The molecule has 2 unspecified atom stereocenters. The standard InChI is InChI=1S/C13H16BrFO2/c1-9-8-17-5-4-13(9,16)7-10-6-11(15)2-3-12(10)14/h2-3,6,9,16H,4-5,7-8H2,1H3. The van der Waals surface area contributed by atoms with Crippen LogP contribution in [0.4, 0.5) is 4.39 Å². The second kappa shape index (κ2) is 5.04. The molecule has 0 amide bonds. The van der Waals surface area contributed by atoms with Gasteiger partial charge in [0.15, 0.2) is 0 Å². The molecule has 94 valence electrons. The van der Waals surface area contributed by atoms with Crippen molar-refractivity contribution in [3.8, 4) is 0 Å². The van der Waals surface area contributed by atoms with Crippen LogP contribution in [0.25, 0.3) is 0 Å². The van der Waals surface area contributed by atoms with Crippen LogP contribution in [0.5, 0.6) is 0 Å². The highest BCUT2D eigenvalue weighted by Crippen LogP contribution is 2.32. The zero-order valence-electron chi connectivity index (χ0n) is 9.75. The van der Waals surface area contributed by atoms with E-state index < -0.39 is 5.60 Å². The van der Waals surface area contributed by atoms with Gasteiger partial charge in [0.25, 0.3) is 0 Å². The normalized spacial score (nSPS) is 29.3. The molecule has 0 aliphatic carbocycles. The number of rotatable bonds is 2. The molecule has 0 spiro atoms. The predicted molar refractivity (Wildman–Crippen MR) is 67.4 cm³/mol. The first-order valence-corrected chi connectivity index (χ1v) is 6.54. The van der Waals surface area contributed by atoms with Gasteiger partial charge in [-0.1, -0.05) is 22.9 Å². The van der Waals surface area contributed by atoms with Gasteiger partial charge < -0.3 is 9.84 Å². The van der Waals surface area contributed by atoms with Gasteiger partial charge in [-0.05, 0) is 23.8 Å². The number of ether oxygens (including phenoxy) is 1. The van der Waals surface area contributed by atoms with Gasteiger partial charge in [-0.3, -0.25) is 0 Å². The molecule has 2 nitrogen and oxygen atoms in total. The van der Waals surface area contributed by atoms with Crippen LogP contribution in [0.2, 0.25) is 0 Å². The van der Waals surface area contributed by atoms with E-state index >= 15 is 0 Å². The van der Waals surface area contributed by atoms with Gasteiger partial charge in [0.05, 0.1) is 12.2 Å². The molecule has 1 aromatic carbocycles. The van der Waals surface area contributed by atoms with Crippen molar-refractivity contribution in [1.82, 2.24) is 0 Å². The van der Waals surface area contributed by atoms with Gasteiger partial charge in [-0.15, -0.1) is 0 Å². The van der Waals surface area contributed by atoms with E-state index in [1.165, 1.54) is 12.1 Å². The summed E-state index contributed by atoms with van der Waals surface area (Å²) in [6, 6.07) is 4.56. The zero-order chi connectivity index (χ0) is 12.5. The smallest absolute Gasteiger partial charge is 0.123 e. The van der Waals surface area contributed by atoms with E-state index in [9.17, 15) is 9.50 Å². The molecule has 0 bridgehead atoms. The molecule has 2 rings (SSSR count). The Morgan fingerprint density at radius 2 is 2.35 bits per heavy atom. The van der Waals surface area contributed by atoms with Gasteiger partial charge in [0.1, 0.15) is 5.82 Å². The molecule has 0 saturated carbocycles. The Labute approximate surface area is 109 Å². The van der Waals surface area contributed by atoms with Gasteiger partial charge in [0.2, 0.25) is 0 Å². The van der Waals surface area contributed by atoms with E-state index in [-0.39, 0.29) is 11.7 Å². The maximum Gasteiger partial charge on any atom is 0.123 e. The molecule has 1 aromatic rings. The number of hydrogen-bond acceptors (Lipinski definition) is 2. The minimum atomic E-state index is -0.797. The van der Waals surface area contributed by atoms with E-state index in [0.717, 1.165) is 10.0 Å². The fourth-order valence-corrected chi connectivity index (χ4v) is 2.57. The lowest BCUT2D eigenvalue weighted by atomic mass is 9.80. The Morgan fingerprint density at radius 3 is 3.06 bits per heavy atom. The Hall–Kier alpha value is -0.450. The summed E-state index contributed by atoms with van der Waals surface area (Å²) in [6.07, 6.45) is 1.05. The van der Waals surface area contributed by atoms with Crippen molar-refractivity contribution in [2.45, 2.75) is 25.4 Å². The van der Waals surface area contributed by atoms with Crippen molar-refractivity contribution in [1.29, 1.82) is 0 Å². The fourth-order valence-electron chi connectivity index (χ4n) is 2.18. The van der Waals surface area contributed by atoms with Crippen LogP contribution in [-0.2, 0) is 11.2 Å². The predicted octanol–water partition coefficient (Wildman–Crippen LogP) is 2.92. The van der Waals surface area contributed by atoms with Crippen LogP contribution in [0.15, 0.2) is 22.7 Å². The third kappa shape index (κ3) is 2.87. The van der Waals surface area contributed by atoms with Crippen LogP contribution in [-0.4, -0.2) is 23.9 Å². The summed E-state index contributed by atoms with van der Waals surface area (Å²) in [5, 5.41) is 10.6. The Bertz CT molecular complexity index is 410. The van der Waals surface area contributed by atoms with Gasteiger partial charge in [0, 0.05) is 29.8 Å². The molecule has 1 saturated heterocycles. The summed E-state index contributed by atoms with van der Waals surface area (Å²) in [5.41, 5.74) is 0.00965. The Kier molecular flexibility index (Phi) is 3.85. The summed E-state index contributed by atoms with van der Waals surface area (Å²) in [5.74, 6) is -0.210. The lowest BCUT2D eigenvalue weighted by Gasteiger charge is -2.38. The average molecular weight is 303 g/mol. The minimum Gasteiger partial charge on any atom is -0.389 e. The first-order valence-electron chi connectivity index (χ1n) is 5.75. The lowest BCUT2D eigenvalue weighted by Crippen LogP contribution is -2.45.